The second-order valence-electron chi connectivity index (χ2n) is 5.43. The van der Waals surface area contributed by atoms with Crippen molar-refractivity contribution in [1.29, 1.82) is 0 Å². The summed E-state index contributed by atoms with van der Waals surface area (Å²) >= 11 is 1.61. The summed E-state index contributed by atoms with van der Waals surface area (Å²) in [5.41, 5.74) is 1.87. The highest BCUT2D eigenvalue weighted by Crippen LogP contribution is 2.25. The summed E-state index contributed by atoms with van der Waals surface area (Å²) in [4.78, 5) is 30.6. The van der Waals surface area contributed by atoms with Gasteiger partial charge in [0.15, 0.2) is 5.78 Å². The maximum atomic E-state index is 12.9. The highest BCUT2D eigenvalue weighted by molar-refractivity contribution is 7.98. The number of carbonyl (C=O) groups excluding carboxylic acids is 2. The molecule has 0 amide bonds. The second-order valence-corrected chi connectivity index (χ2v) is 6.31. The van der Waals surface area contributed by atoms with E-state index in [0.717, 1.165) is 10.6 Å². The van der Waals surface area contributed by atoms with Gasteiger partial charge in [-0.2, -0.15) is 0 Å². The number of aromatic nitrogens is 1. The third kappa shape index (κ3) is 4.45. The Bertz CT molecular complexity index is 696. The number of thioether (sulfide) groups is 1. The maximum Gasteiger partial charge on any atom is 0.321 e. The van der Waals surface area contributed by atoms with Gasteiger partial charge in [0.1, 0.15) is 5.92 Å². The number of carbonyl (C=O) groups is 2. The highest BCUT2D eigenvalue weighted by Gasteiger charge is 2.31. The highest BCUT2D eigenvalue weighted by atomic mass is 32.2. The molecule has 0 saturated carbocycles. The van der Waals surface area contributed by atoms with Crippen molar-refractivity contribution in [3.05, 3.63) is 59.4 Å². The van der Waals surface area contributed by atoms with Crippen LogP contribution in [-0.2, 0) is 9.53 Å². The van der Waals surface area contributed by atoms with Crippen LogP contribution < -0.4 is 0 Å². The molecule has 0 aliphatic carbocycles. The van der Waals surface area contributed by atoms with Gasteiger partial charge in [0, 0.05) is 22.3 Å². The second kappa shape index (κ2) is 8.64. The maximum absolute atomic E-state index is 12.9. The molecule has 1 heterocycles. The Balaban J connectivity index is 2.35. The zero-order valence-corrected chi connectivity index (χ0v) is 14.9. The molecule has 0 fully saturated rings. The van der Waals surface area contributed by atoms with Crippen LogP contribution in [0.1, 0.15) is 40.9 Å². The molecule has 24 heavy (non-hydrogen) atoms. The third-order valence-corrected chi connectivity index (χ3v) is 4.33. The van der Waals surface area contributed by atoms with Gasteiger partial charge in [-0.3, -0.25) is 14.6 Å². The molecule has 4 nitrogen and oxygen atoms in total. The standard InChI is InChI=1S/C19H21NO3S/c1-4-11-23-19(22)17(14-7-9-16(24-3)10-8-14)18(21)15-6-5-13(2)20-12-15/h5-10,12,17H,4,11H2,1-3H3. The number of benzene rings is 1. The quantitative estimate of drug-likeness (QED) is 0.329. The molecule has 1 atom stereocenters. The van der Waals surface area contributed by atoms with Crippen LogP contribution in [0.4, 0.5) is 0 Å². The minimum Gasteiger partial charge on any atom is -0.465 e. The van der Waals surface area contributed by atoms with Gasteiger partial charge in [-0.25, -0.2) is 0 Å². The first-order valence-corrected chi connectivity index (χ1v) is 9.06. The minimum absolute atomic E-state index is 0.291. The Kier molecular flexibility index (Phi) is 6.55. The smallest absolute Gasteiger partial charge is 0.321 e. The first kappa shape index (κ1) is 18.2. The fourth-order valence-corrected chi connectivity index (χ4v) is 2.67. The molecular weight excluding hydrogens is 322 g/mol. The number of Topliss-reactive ketones (excluding diaryl/α,β-unsaturated/α-hetero) is 1. The first-order chi connectivity index (χ1) is 11.6. The number of ether oxygens (including phenoxy) is 1. The molecule has 0 N–H and O–H groups in total. The van der Waals surface area contributed by atoms with E-state index in [0.29, 0.717) is 24.2 Å². The number of esters is 1. The summed E-state index contributed by atoms with van der Waals surface area (Å²) < 4.78 is 5.25. The summed E-state index contributed by atoms with van der Waals surface area (Å²) in [6.45, 7) is 4.07. The predicted octanol–water partition coefficient (Wildman–Crippen LogP) is 4.03. The van der Waals surface area contributed by atoms with Crippen molar-refractivity contribution in [2.45, 2.75) is 31.1 Å². The lowest BCUT2D eigenvalue weighted by molar-refractivity contribution is -0.144. The molecule has 2 aromatic rings. The van der Waals surface area contributed by atoms with Crippen molar-refractivity contribution in [1.82, 2.24) is 4.98 Å². The Morgan fingerprint density at radius 1 is 1.17 bits per heavy atom. The Morgan fingerprint density at radius 2 is 1.88 bits per heavy atom. The lowest BCUT2D eigenvalue weighted by Gasteiger charge is -2.16. The molecule has 1 aromatic carbocycles. The molecule has 0 bridgehead atoms. The van der Waals surface area contributed by atoms with Gasteiger partial charge in [-0.1, -0.05) is 19.1 Å². The largest absolute Gasteiger partial charge is 0.465 e. The summed E-state index contributed by atoms with van der Waals surface area (Å²) in [5.74, 6) is -1.77. The number of pyridine rings is 1. The van der Waals surface area contributed by atoms with Gasteiger partial charge in [-0.15, -0.1) is 11.8 Å². The van der Waals surface area contributed by atoms with Gasteiger partial charge in [0.2, 0.25) is 0 Å². The normalized spacial score (nSPS) is 11.8. The first-order valence-electron chi connectivity index (χ1n) is 7.84. The average Bonchev–Trinajstić information content (AvgIpc) is 2.61. The molecule has 0 aliphatic heterocycles. The molecule has 126 valence electrons. The number of aryl methyl sites for hydroxylation is 1. The molecule has 0 saturated heterocycles. The summed E-state index contributed by atoms with van der Waals surface area (Å²) in [6, 6.07) is 10.9. The Hall–Kier alpha value is -2.14. The van der Waals surface area contributed by atoms with E-state index in [2.05, 4.69) is 4.98 Å². The van der Waals surface area contributed by atoms with E-state index in [-0.39, 0.29) is 5.78 Å². The zero-order valence-electron chi connectivity index (χ0n) is 14.1. The van der Waals surface area contributed by atoms with Crippen molar-refractivity contribution >= 4 is 23.5 Å². The molecule has 0 aliphatic rings. The number of ketones is 1. The van der Waals surface area contributed by atoms with Gasteiger partial charge in [0.25, 0.3) is 0 Å². The van der Waals surface area contributed by atoms with Gasteiger partial charge >= 0.3 is 5.97 Å². The lowest BCUT2D eigenvalue weighted by Crippen LogP contribution is -2.25. The predicted molar refractivity (Wildman–Crippen MR) is 95.5 cm³/mol. The van der Waals surface area contributed by atoms with E-state index in [1.54, 1.807) is 23.9 Å². The molecule has 5 heteroatoms. The third-order valence-electron chi connectivity index (χ3n) is 3.59. The topological polar surface area (TPSA) is 56.3 Å². The molecule has 0 radical (unpaired) electrons. The number of hydrogen-bond acceptors (Lipinski definition) is 5. The summed E-state index contributed by atoms with van der Waals surface area (Å²) in [6.07, 6.45) is 4.20. The van der Waals surface area contributed by atoms with E-state index < -0.39 is 11.9 Å². The number of rotatable bonds is 7. The minimum atomic E-state index is -0.961. The van der Waals surface area contributed by atoms with Gasteiger partial charge in [0.05, 0.1) is 6.61 Å². The van der Waals surface area contributed by atoms with Crippen LogP contribution >= 0.6 is 11.8 Å². The van der Waals surface area contributed by atoms with Crippen molar-refractivity contribution in [2.75, 3.05) is 12.9 Å². The van der Waals surface area contributed by atoms with E-state index in [1.165, 1.54) is 6.20 Å². The summed E-state index contributed by atoms with van der Waals surface area (Å²) in [7, 11) is 0. The lowest BCUT2D eigenvalue weighted by atomic mass is 9.91. The van der Waals surface area contributed by atoms with Crippen LogP contribution in [0, 0.1) is 6.92 Å². The fraction of sp³-hybridized carbons (Fsp3) is 0.316. The Labute approximate surface area is 146 Å². The van der Waals surface area contributed by atoms with Crippen LogP contribution in [0.5, 0.6) is 0 Å². The SMILES string of the molecule is CCCOC(=O)C(C(=O)c1ccc(C)nc1)c1ccc(SC)cc1. The van der Waals surface area contributed by atoms with Crippen LogP contribution in [0.3, 0.4) is 0 Å². The molecule has 1 aromatic heterocycles. The summed E-state index contributed by atoms with van der Waals surface area (Å²) in [5, 5.41) is 0. The van der Waals surface area contributed by atoms with E-state index >= 15 is 0 Å². The number of nitrogens with zero attached hydrogens (tertiary/aromatic N) is 1. The molecule has 2 rings (SSSR count). The van der Waals surface area contributed by atoms with E-state index in [1.807, 2.05) is 44.4 Å². The van der Waals surface area contributed by atoms with Crippen LogP contribution in [0.2, 0.25) is 0 Å². The zero-order chi connectivity index (χ0) is 17.5. The van der Waals surface area contributed by atoms with E-state index in [4.69, 9.17) is 4.74 Å². The molecule has 0 spiro atoms. The van der Waals surface area contributed by atoms with Crippen LogP contribution in [0.25, 0.3) is 0 Å². The van der Waals surface area contributed by atoms with Crippen LogP contribution in [-0.4, -0.2) is 29.6 Å². The van der Waals surface area contributed by atoms with Gasteiger partial charge in [-0.05, 0) is 49.4 Å². The van der Waals surface area contributed by atoms with Crippen molar-refractivity contribution in [3.8, 4) is 0 Å². The van der Waals surface area contributed by atoms with Crippen molar-refractivity contribution < 1.29 is 14.3 Å². The Morgan fingerprint density at radius 3 is 2.42 bits per heavy atom. The van der Waals surface area contributed by atoms with Gasteiger partial charge < -0.3 is 4.74 Å². The average molecular weight is 343 g/mol. The fourth-order valence-electron chi connectivity index (χ4n) is 2.26. The van der Waals surface area contributed by atoms with E-state index in [9.17, 15) is 9.59 Å². The molecular formula is C19H21NO3S. The van der Waals surface area contributed by atoms with Crippen molar-refractivity contribution in [2.24, 2.45) is 0 Å². The number of hydrogen-bond donors (Lipinski definition) is 0. The van der Waals surface area contributed by atoms with Crippen molar-refractivity contribution in [3.63, 3.8) is 0 Å². The van der Waals surface area contributed by atoms with Crippen LogP contribution in [0.15, 0.2) is 47.5 Å². The molecule has 1 unspecified atom stereocenters. The monoisotopic (exact) mass is 343 g/mol.